The van der Waals surface area contributed by atoms with Crippen molar-refractivity contribution in [3.8, 4) is 5.88 Å². The SMILES string of the molecule is CN1CCCC1CCOc1cc(CCl)cc(C(C)(C)C)n1. The number of hydrogen-bond donors (Lipinski definition) is 0. The normalized spacial score (nSPS) is 20.0. The molecule has 118 valence electrons. The number of alkyl halides is 1. The standard InChI is InChI=1S/C17H27ClN2O/c1-17(2,3)15-10-13(12-18)11-16(19-15)21-9-7-14-6-5-8-20(14)4/h10-11,14H,5-9,12H2,1-4H3. The van der Waals surface area contributed by atoms with E-state index in [2.05, 4.69) is 43.8 Å². The van der Waals surface area contributed by atoms with Crippen LogP contribution < -0.4 is 4.74 Å². The van der Waals surface area contributed by atoms with Crippen molar-refractivity contribution in [3.05, 3.63) is 23.4 Å². The Bertz CT molecular complexity index is 470. The molecular weight excluding hydrogens is 284 g/mol. The van der Waals surface area contributed by atoms with Gasteiger partial charge in [0.15, 0.2) is 0 Å². The van der Waals surface area contributed by atoms with E-state index in [4.69, 9.17) is 16.3 Å². The number of nitrogens with zero attached hydrogens (tertiary/aromatic N) is 2. The predicted octanol–water partition coefficient (Wildman–Crippen LogP) is 3.98. The highest BCUT2D eigenvalue weighted by molar-refractivity contribution is 6.17. The Labute approximate surface area is 133 Å². The zero-order valence-electron chi connectivity index (χ0n) is 13.7. The summed E-state index contributed by atoms with van der Waals surface area (Å²) in [6, 6.07) is 4.69. The molecule has 1 atom stereocenters. The van der Waals surface area contributed by atoms with Crippen LogP contribution in [-0.2, 0) is 11.3 Å². The average molecular weight is 311 g/mol. The Hall–Kier alpha value is -0.800. The highest BCUT2D eigenvalue weighted by Gasteiger charge is 2.21. The third-order valence-electron chi connectivity index (χ3n) is 4.16. The Morgan fingerprint density at radius 3 is 2.71 bits per heavy atom. The van der Waals surface area contributed by atoms with Gasteiger partial charge in [0.25, 0.3) is 0 Å². The van der Waals surface area contributed by atoms with Gasteiger partial charge in [0.1, 0.15) is 0 Å². The molecule has 0 aromatic carbocycles. The lowest BCUT2D eigenvalue weighted by molar-refractivity contribution is 0.228. The molecule has 1 aromatic rings. The number of pyridine rings is 1. The van der Waals surface area contributed by atoms with Gasteiger partial charge in [-0.15, -0.1) is 11.6 Å². The summed E-state index contributed by atoms with van der Waals surface area (Å²) in [5.74, 6) is 1.20. The molecule has 2 rings (SSSR count). The molecule has 1 aliphatic heterocycles. The molecule has 0 bridgehead atoms. The summed E-state index contributed by atoms with van der Waals surface area (Å²) in [6.45, 7) is 8.40. The van der Waals surface area contributed by atoms with E-state index in [9.17, 15) is 0 Å². The van der Waals surface area contributed by atoms with Gasteiger partial charge in [0, 0.05) is 23.4 Å². The van der Waals surface area contributed by atoms with Crippen LogP contribution in [0.4, 0.5) is 0 Å². The molecule has 0 amide bonds. The second-order valence-electron chi connectivity index (χ2n) is 7.00. The lowest BCUT2D eigenvalue weighted by atomic mass is 9.91. The fourth-order valence-corrected chi connectivity index (χ4v) is 2.89. The summed E-state index contributed by atoms with van der Waals surface area (Å²) < 4.78 is 5.90. The van der Waals surface area contributed by atoms with Crippen LogP contribution in [-0.4, -0.2) is 36.1 Å². The summed E-state index contributed by atoms with van der Waals surface area (Å²) in [6.07, 6.45) is 3.64. The van der Waals surface area contributed by atoms with Gasteiger partial charge in [-0.05, 0) is 44.5 Å². The number of ether oxygens (including phenoxy) is 1. The van der Waals surface area contributed by atoms with Crippen LogP contribution in [0.1, 0.15) is 51.3 Å². The van der Waals surface area contributed by atoms with Crippen LogP contribution >= 0.6 is 11.6 Å². The molecule has 0 radical (unpaired) electrons. The zero-order chi connectivity index (χ0) is 15.5. The van der Waals surface area contributed by atoms with Gasteiger partial charge >= 0.3 is 0 Å². The van der Waals surface area contributed by atoms with Crippen molar-refractivity contribution in [1.82, 2.24) is 9.88 Å². The summed E-state index contributed by atoms with van der Waals surface area (Å²) in [5, 5.41) is 0. The number of rotatable bonds is 5. The molecular formula is C17H27ClN2O. The van der Waals surface area contributed by atoms with Crippen molar-refractivity contribution >= 4 is 11.6 Å². The van der Waals surface area contributed by atoms with E-state index in [0.29, 0.717) is 17.8 Å². The highest BCUT2D eigenvalue weighted by atomic mass is 35.5. The molecule has 1 fully saturated rings. The van der Waals surface area contributed by atoms with Crippen molar-refractivity contribution in [2.75, 3.05) is 20.2 Å². The smallest absolute Gasteiger partial charge is 0.213 e. The van der Waals surface area contributed by atoms with E-state index >= 15 is 0 Å². The van der Waals surface area contributed by atoms with Crippen molar-refractivity contribution < 1.29 is 4.74 Å². The first-order chi connectivity index (χ1) is 9.90. The first kappa shape index (κ1) is 16.6. The van der Waals surface area contributed by atoms with Crippen LogP contribution in [0.3, 0.4) is 0 Å². The first-order valence-corrected chi connectivity index (χ1v) is 8.34. The van der Waals surface area contributed by atoms with E-state index in [-0.39, 0.29) is 5.41 Å². The molecule has 0 saturated carbocycles. The Balaban J connectivity index is 1.98. The fraction of sp³-hybridized carbons (Fsp3) is 0.706. The molecule has 21 heavy (non-hydrogen) atoms. The van der Waals surface area contributed by atoms with Crippen LogP contribution in [0.5, 0.6) is 5.88 Å². The third kappa shape index (κ3) is 4.58. The summed E-state index contributed by atoms with van der Waals surface area (Å²) in [5.41, 5.74) is 2.12. The molecule has 0 aliphatic carbocycles. The summed E-state index contributed by atoms with van der Waals surface area (Å²) >= 11 is 5.99. The lowest BCUT2D eigenvalue weighted by Gasteiger charge is -2.21. The molecule has 1 aromatic heterocycles. The van der Waals surface area contributed by atoms with Gasteiger partial charge in [-0.1, -0.05) is 20.8 Å². The lowest BCUT2D eigenvalue weighted by Crippen LogP contribution is -2.26. The maximum Gasteiger partial charge on any atom is 0.213 e. The predicted molar refractivity (Wildman–Crippen MR) is 88.3 cm³/mol. The van der Waals surface area contributed by atoms with Gasteiger partial charge < -0.3 is 9.64 Å². The number of hydrogen-bond acceptors (Lipinski definition) is 3. The molecule has 3 nitrogen and oxygen atoms in total. The van der Waals surface area contributed by atoms with Crippen LogP contribution in [0.25, 0.3) is 0 Å². The van der Waals surface area contributed by atoms with Crippen LogP contribution in [0.2, 0.25) is 0 Å². The van der Waals surface area contributed by atoms with Gasteiger partial charge in [0.05, 0.1) is 12.3 Å². The quantitative estimate of drug-likeness (QED) is 0.769. The number of aromatic nitrogens is 1. The second-order valence-corrected chi connectivity index (χ2v) is 7.26. The molecule has 1 unspecified atom stereocenters. The van der Waals surface area contributed by atoms with Crippen molar-refractivity contribution in [1.29, 1.82) is 0 Å². The number of likely N-dealkylation sites (tertiary alicyclic amines) is 1. The summed E-state index contributed by atoms with van der Waals surface area (Å²) in [7, 11) is 2.20. The average Bonchev–Trinajstić information content (AvgIpc) is 2.83. The van der Waals surface area contributed by atoms with Crippen molar-refractivity contribution in [2.45, 2.75) is 57.4 Å². The van der Waals surface area contributed by atoms with E-state index in [1.165, 1.54) is 19.4 Å². The maximum absolute atomic E-state index is 5.99. The minimum Gasteiger partial charge on any atom is -0.478 e. The molecule has 1 saturated heterocycles. The van der Waals surface area contributed by atoms with Crippen LogP contribution in [0.15, 0.2) is 12.1 Å². The van der Waals surface area contributed by atoms with E-state index in [1.54, 1.807) is 0 Å². The van der Waals surface area contributed by atoms with E-state index < -0.39 is 0 Å². The largest absolute Gasteiger partial charge is 0.478 e. The zero-order valence-corrected chi connectivity index (χ0v) is 14.4. The highest BCUT2D eigenvalue weighted by Crippen LogP contribution is 2.25. The first-order valence-electron chi connectivity index (χ1n) is 7.80. The minimum absolute atomic E-state index is 0.00580. The summed E-state index contributed by atoms with van der Waals surface area (Å²) in [4.78, 5) is 7.06. The van der Waals surface area contributed by atoms with Gasteiger partial charge in [-0.2, -0.15) is 0 Å². The Morgan fingerprint density at radius 1 is 1.38 bits per heavy atom. The van der Waals surface area contributed by atoms with Gasteiger partial charge in [-0.3, -0.25) is 0 Å². The monoisotopic (exact) mass is 310 g/mol. The molecule has 4 heteroatoms. The van der Waals surface area contributed by atoms with Crippen LogP contribution in [0, 0.1) is 0 Å². The number of halogens is 1. The van der Waals surface area contributed by atoms with Crippen molar-refractivity contribution in [3.63, 3.8) is 0 Å². The van der Waals surface area contributed by atoms with E-state index in [1.807, 2.05) is 6.07 Å². The molecule has 0 N–H and O–H groups in total. The Kier molecular flexibility index (Phi) is 5.50. The maximum atomic E-state index is 5.99. The Morgan fingerprint density at radius 2 is 2.14 bits per heavy atom. The molecule has 1 aliphatic rings. The van der Waals surface area contributed by atoms with Gasteiger partial charge in [-0.25, -0.2) is 4.98 Å². The third-order valence-corrected chi connectivity index (χ3v) is 4.47. The topological polar surface area (TPSA) is 25.4 Å². The van der Waals surface area contributed by atoms with Gasteiger partial charge in [0.2, 0.25) is 5.88 Å². The molecule has 2 heterocycles. The van der Waals surface area contributed by atoms with Crippen molar-refractivity contribution in [2.24, 2.45) is 0 Å². The molecule has 0 spiro atoms. The van der Waals surface area contributed by atoms with E-state index in [0.717, 1.165) is 24.3 Å². The fourth-order valence-electron chi connectivity index (χ4n) is 2.74. The second kappa shape index (κ2) is 6.97. The minimum atomic E-state index is 0.00580.